The Morgan fingerprint density at radius 1 is 1.28 bits per heavy atom. The molecule has 0 radical (unpaired) electrons. The van der Waals surface area contributed by atoms with E-state index in [0.29, 0.717) is 18.0 Å². The lowest BCUT2D eigenvalue weighted by molar-refractivity contribution is 0.180. The quantitative estimate of drug-likeness (QED) is 0.231. The first-order valence-electron chi connectivity index (χ1n) is 8.12. The van der Waals surface area contributed by atoms with Gasteiger partial charge in [0, 0.05) is 52.0 Å². The van der Waals surface area contributed by atoms with Gasteiger partial charge in [-0.15, -0.1) is 24.0 Å². The molecule has 0 aliphatic carbocycles. The van der Waals surface area contributed by atoms with Crippen LogP contribution in [0.25, 0.3) is 0 Å². The van der Waals surface area contributed by atoms with E-state index < -0.39 is 0 Å². The van der Waals surface area contributed by atoms with Crippen molar-refractivity contribution < 1.29 is 9.13 Å². The Labute approximate surface area is 172 Å². The largest absolute Gasteiger partial charge is 0.385 e. The van der Waals surface area contributed by atoms with E-state index in [1.807, 2.05) is 0 Å². The zero-order valence-corrected chi connectivity index (χ0v) is 18.2. The van der Waals surface area contributed by atoms with Crippen LogP contribution in [0.15, 0.2) is 23.2 Å². The minimum atomic E-state index is -0.316. The Bertz CT molecular complexity index is 519. The number of aliphatic imine (C=N–C) groups is 1. The summed E-state index contributed by atoms with van der Waals surface area (Å²) in [6.07, 6.45) is 1.73. The van der Waals surface area contributed by atoms with Crippen LogP contribution in [0, 0.1) is 5.82 Å². The predicted octanol–water partition coefficient (Wildman–Crippen LogP) is 2.77. The fourth-order valence-corrected chi connectivity index (χ4v) is 2.48. The Balaban J connectivity index is 0.00000576. The van der Waals surface area contributed by atoms with Crippen molar-refractivity contribution in [3.05, 3.63) is 34.6 Å². The summed E-state index contributed by atoms with van der Waals surface area (Å²) in [4.78, 5) is 6.44. The van der Waals surface area contributed by atoms with Gasteiger partial charge in [0.25, 0.3) is 0 Å². The molecule has 0 saturated carbocycles. The molecule has 0 spiro atoms. The number of methoxy groups -OCH3 is 1. The van der Waals surface area contributed by atoms with Crippen LogP contribution in [-0.2, 0) is 11.2 Å². The van der Waals surface area contributed by atoms with E-state index in [0.717, 1.165) is 44.2 Å². The van der Waals surface area contributed by atoms with Crippen LogP contribution >= 0.6 is 35.6 Å². The van der Waals surface area contributed by atoms with Gasteiger partial charge in [0.2, 0.25) is 0 Å². The van der Waals surface area contributed by atoms with Gasteiger partial charge in [-0.1, -0.05) is 17.7 Å². The summed E-state index contributed by atoms with van der Waals surface area (Å²) in [6.45, 7) is 4.20. The minimum Gasteiger partial charge on any atom is -0.385 e. The molecule has 0 amide bonds. The normalized spacial score (nSPS) is 11.4. The van der Waals surface area contributed by atoms with E-state index in [2.05, 4.69) is 27.6 Å². The molecule has 0 aliphatic rings. The highest BCUT2D eigenvalue weighted by Gasteiger charge is 2.03. The molecule has 0 heterocycles. The van der Waals surface area contributed by atoms with Crippen molar-refractivity contribution in [2.45, 2.75) is 12.8 Å². The lowest BCUT2D eigenvalue weighted by Crippen LogP contribution is -2.41. The second-order valence-electron chi connectivity index (χ2n) is 5.56. The first-order chi connectivity index (χ1) is 11.6. The highest BCUT2D eigenvalue weighted by molar-refractivity contribution is 14.0. The van der Waals surface area contributed by atoms with Gasteiger partial charge in [-0.3, -0.25) is 4.99 Å². The Kier molecular flexibility index (Phi) is 14.1. The van der Waals surface area contributed by atoms with Crippen molar-refractivity contribution in [2.75, 3.05) is 54.0 Å². The summed E-state index contributed by atoms with van der Waals surface area (Å²) in [5, 5.41) is 6.96. The van der Waals surface area contributed by atoms with Gasteiger partial charge in [0.1, 0.15) is 5.82 Å². The van der Waals surface area contributed by atoms with E-state index in [4.69, 9.17) is 16.3 Å². The number of rotatable bonds is 10. The maximum atomic E-state index is 13.0. The topological polar surface area (TPSA) is 48.9 Å². The molecule has 144 valence electrons. The molecule has 0 atom stereocenters. The number of nitrogens with zero attached hydrogens (tertiary/aromatic N) is 2. The van der Waals surface area contributed by atoms with Crippen molar-refractivity contribution >= 4 is 41.5 Å². The van der Waals surface area contributed by atoms with Crippen LogP contribution in [0.3, 0.4) is 0 Å². The number of likely N-dealkylation sites (N-methyl/N-ethyl adjacent to an activating group) is 1. The summed E-state index contributed by atoms with van der Waals surface area (Å²) in [7, 11) is 5.54. The molecule has 0 saturated heterocycles. The zero-order chi connectivity index (χ0) is 17.8. The minimum absolute atomic E-state index is 0. The highest BCUT2D eigenvalue weighted by Crippen LogP contribution is 2.17. The molecule has 5 nitrogen and oxygen atoms in total. The van der Waals surface area contributed by atoms with Gasteiger partial charge < -0.3 is 20.3 Å². The number of guanidine groups is 1. The molecule has 0 fully saturated rings. The Morgan fingerprint density at radius 3 is 2.64 bits per heavy atom. The molecule has 25 heavy (non-hydrogen) atoms. The lowest BCUT2D eigenvalue weighted by atomic mass is 10.1. The highest BCUT2D eigenvalue weighted by atomic mass is 127. The summed E-state index contributed by atoms with van der Waals surface area (Å²) >= 11 is 6.02. The third-order valence-electron chi connectivity index (χ3n) is 3.60. The fraction of sp³-hybridized carbons (Fsp3) is 0.588. The fourth-order valence-electron chi connectivity index (χ4n) is 2.22. The molecule has 0 bridgehead atoms. The average molecular weight is 487 g/mol. The van der Waals surface area contributed by atoms with Gasteiger partial charge in [0.05, 0.1) is 0 Å². The van der Waals surface area contributed by atoms with Gasteiger partial charge >= 0.3 is 0 Å². The van der Waals surface area contributed by atoms with Crippen LogP contribution in [0.5, 0.6) is 0 Å². The average Bonchev–Trinajstić information content (AvgIpc) is 2.55. The van der Waals surface area contributed by atoms with E-state index in [1.165, 1.54) is 12.1 Å². The van der Waals surface area contributed by atoms with Gasteiger partial charge in [-0.25, -0.2) is 4.39 Å². The summed E-state index contributed by atoms with van der Waals surface area (Å²) in [6, 6.07) is 4.47. The van der Waals surface area contributed by atoms with Crippen LogP contribution in [-0.4, -0.2) is 64.9 Å². The standard InChI is InChI=1S/C17H28ClFN4O.HI/c1-20-17(22-9-11-23(2)10-4-12-24-3)21-8-7-14-5-6-15(19)13-16(14)18;/h5-6,13H,4,7-12H2,1-3H3,(H2,20,21,22);1H. The van der Waals surface area contributed by atoms with Crippen molar-refractivity contribution in [3.63, 3.8) is 0 Å². The monoisotopic (exact) mass is 486 g/mol. The number of hydrogen-bond donors (Lipinski definition) is 2. The maximum absolute atomic E-state index is 13.0. The van der Waals surface area contributed by atoms with Crippen LogP contribution in [0.1, 0.15) is 12.0 Å². The third-order valence-corrected chi connectivity index (χ3v) is 3.95. The molecule has 0 unspecified atom stereocenters. The smallest absolute Gasteiger partial charge is 0.191 e. The van der Waals surface area contributed by atoms with E-state index in [9.17, 15) is 4.39 Å². The number of ether oxygens (including phenoxy) is 1. The second kappa shape index (κ2) is 14.5. The molecular formula is C17H29ClFIN4O. The zero-order valence-electron chi connectivity index (χ0n) is 15.1. The van der Waals surface area contributed by atoms with Gasteiger partial charge in [-0.05, 0) is 37.6 Å². The molecular weight excluding hydrogens is 458 g/mol. The SMILES string of the molecule is CN=C(NCCc1ccc(F)cc1Cl)NCCN(C)CCCOC.I. The van der Waals surface area contributed by atoms with Crippen molar-refractivity contribution in [2.24, 2.45) is 4.99 Å². The first-order valence-corrected chi connectivity index (χ1v) is 8.50. The van der Waals surface area contributed by atoms with E-state index in [1.54, 1.807) is 20.2 Å². The second-order valence-corrected chi connectivity index (χ2v) is 5.97. The number of halogens is 3. The van der Waals surface area contributed by atoms with Crippen molar-refractivity contribution in [3.8, 4) is 0 Å². The molecule has 1 rings (SSSR count). The molecule has 1 aromatic carbocycles. The Morgan fingerprint density at radius 2 is 2.00 bits per heavy atom. The molecule has 0 aliphatic heterocycles. The van der Waals surface area contributed by atoms with Crippen molar-refractivity contribution in [1.82, 2.24) is 15.5 Å². The van der Waals surface area contributed by atoms with Crippen LogP contribution < -0.4 is 10.6 Å². The maximum Gasteiger partial charge on any atom is 0.191 e. The summed E-state index contributed by atoms with van der Waals surface area (Å²) in [5.41, 5.74) is 0.916. The predicted molar refractivity (Wildman–Crippen MR) is 114 cm³/mol. The number of benzene rings is 1. The van der Waals surface area contributed by atoms with E-state index in [-0.39, 0.29) is 29.8 Å². The summed E-state index contributed by atoms with van der Waals surface area (Å²) in [5.74, 6) is 0.433. The third kappa shape index (κ3) is 10.8. The molecule has 8 heteroatoms. The molecule has 2 N–H and O–H groups in total. The van der Waals surface area contributed by atoms with E-state index >= 15 is 0 Å². The van der Waals surface area contributed by atoms with Gasteiger partial charge in [-0.2, -0.15) is 0 Å². The lowest BCUT2D eigenvalue weighted by Gasteiger charge is -2.18. The van der Waals surface area contributed by atoms with Crippen LogP contribution in [0.4, 0.5) is 4.39 Å². The van der Waals surface area contributed by atoms with Gasteiger partial charge in [0.15, 0.2) is 5.96 Å². The summed E-state index contributed by atoms with van der Waals surface area (Å²) < 4.78 is 18.1. The van der Waals surface area contributed by atoms with Crippen molar-refractivity contribution in [1.29, 1.82) is 0 Å². The molecule has 1 aromatic rings. The van der Waals surface area contributed by atoms with Crippen LogP contribution in [0.2, 0.25) is 5.02 Å². The molecule has 0 aromatic heterocycles. The number of hydrogen-bond acceptors (Lipinski definition) is 3. The Hall–Kier alpha value is -0.640. The number of nitrogens with one attached hydrogen (secondary N) is 2. The first kappa shape index (κ1) is 24.4.